The first-order chi connectivity index (χ1) is 8.09. The SMILES string of the molecule is C=C(C)C(=O)OCCCCC1CCC(C)CC1. The summed E-state index contributed by atoms with van der Waals surface area (Å²) in [6.07, 6.45) is 9.06. The highest BCUT2D eigenvalue weighted by atomic mass is 16.5. The maximum absolute atomic E-state index is 11.1. The third-order valence-electron chi connectivity index (χ3n) is 3.72. The van der Waals surface area contributed by atoms with Gasteiger partial charge in [-0.1, -0.05) is 45.6 Å². The van der Waals surface area contributed by atoms with E-state index in [-0.39, 0.29) is 5.97 Å². The van der Waals surface area contributed by atoms with E-state index in [0.717, 1.165) is 18.3 Å². The van der Waals surface area contributed by atoms with Crippen molar-refractivity contribution >= 4 is 5.97 Å². The van der Waals surface area contributed by atoms with Crippen molar-refractivity contribution in [1.29, 1.82) is 0 Å². The van der Waals surface area contributed by atoms with Crippen LogP contribution in [0.25, 0.3) is 0 Å². The number of unbranched alkanes of at least 4 members (excludes halogenated alkanes) is 1. The van der Waals surface area contributed by atoms with E-state index in [1.165, 1.54) is 38.5 Å². The Bertz CT molecular complexity index is 250. The van der Waals surface area contributed by atoms with Gasteiger partial charge in [-0.15, -0.1) is 0 Å². The van der Waals surface area contributed by atoms with E-state index in [1.54, 1.807) is 6.92 Å². The molecule has 0 aromatic heterocycles. The summed E-state index contributed by atoms with van der Waals surface area (Å²) in [5, 5.41) is 0. The van der Waals surface area contributed by atoms with Crippen LogP contribution in [0, 0.1) is 11.8 Å². The minimum Gasteiger partial charge on any atom is -0.462 e. The number of esters is 1. The van der Waals surface area contributed by atoms with Gasteiger partial charge in [-0.2, -0.15) is 0 Å². The molecule has 0 aromatic carbocycles. The Morgan fingerprint density at radius 2 is 1.88 bits per heavy atom. The molecule has 98 valence electrons. The lowest BCUT2D eigenvalue weighted by Gasteiger charge is -2.25. The highest BCUT2D eigenvalue weighted by Crippen LogP contribution is 2.31. The van der Waals surface area contributed by atoms with Crippen molar-refractivity contribution in [3.63, 3.8) is 0 Å². The second-order valence-corrected chi connectivity index (χ2v) is 5.54. The summed E-state index contributed by atoms with van der Waals surface area (Å²) in [5.41, 5.74) is 0.492. The van der Waals surface area contributed by atoms with Crippen LogP contribution in [0.4, 0.5) is 0 Å². The number of carbonyl (C=O) groups is 1. The van der Waals surface area contributed by atoms with E-state index >= 15 is 0 Å². The quantitative estimate of drug-likeness (QED) is 0.395. The fourth-order valence-electron chi connectivity index (χ4n) is 2.44. The number of rotatable bonds is 6. The second kappa shape index (κ2) is 7.52. The molecule has 0 radical (unpaired) electrons. The Balaban J connectivity index is 1.97. The molecule has 0 spiro atoms. The molecular formula is C15H26O2. The lowest BCUT2D eigenvalue weighted by atomic mass is 9.81. The minimum absolute atomic E-state index is 0.253. The molecule has 0 amide bonds. The van der Waals surface area contributed by atoms with Crippen molar-refractivity contribution in [1.82, 2.24) is 0 Å². The van der Waals surface area contributed by atoms with Gasteiger partial charge in [-0.3, -0.25) is 0 Å². The Morgan fingerprint density at radius 1 is 1.24 bits per heavy atom. The van der Waals surface area contributed by atoms with Crippen molar-refractivity contribution in [3.8, 4) is 0 Å². The van der Waals surface area contributed by atoms with E-state index in [4.69, 9.17) is 4.74 Å². The first kappa shape index (κ1) is 14.3. The predicted molar refractivity (Wildman–Crippen MR) is 70.7 cm³/mol. The number of hydrogen-bond acceptors (Lipinski definition) is 2. The first-order valence-corrected chi connectivity index (χ1v) is 6.92. The molecule has 2 nitrogen and oxygen atoms in total. The zero-order valence-corrected chi connectivity index (χ0v) is 11.3. The largest absolute Gasteiger partial charge is 0.462 e. The smallest absolute Gasteiger partial charge is 0.333 e. The summed E-state index contributed by atoms with van der Waals surface area (Å²) in [5.74, 6) is 1.60. The molecule has 0 atom stereocenters. The molecule has 0 unspecified atom stereocenters. The summed E-state index contributed by atoms with van der Waals surface area (Å²) in [4.78, 5) is 11.1. The number of ether oxygens (including phenoxy) is 1. The summed E-state index contributed by atoms with van der Waals surface area (Å²) in [6.45, 7) is 8.15. The standard InChI is InChI=1S/C15H26O2/c1-12(2)15(16)17-11-5-4-6-14-9-7-13(3)8-10-14/h13-14H,1,4-11H2,2-3H3. The van der Waals surface area contributed by atoms with Gasteiger partial charge in [0.25, 0.3) is 0 Å². The van der Waals surface area contributed by atoms with E-state index in [1.807, 2.05) is 0 Å². The van der Waals surface area contributed by atoms with Crippen molar-refractivity contribution in [2.75, 3.05) is 6.61 Å². The van der Waals surface area contributed by atoms with Gasteiger partial charge in [0, 0.05) is 5.57 Å². The average molecular weight is 238 g/mol. The van der Waals surface area contributed by atoms with Gasteiger partial charge in [-0.05, 0) is 31.6 Å². The monoisotopic (exact) mass is 238 g/mol. The molecule has 17 heavy (non-hydrogen) atoms. The molecule has 1 aliphatic carbocycles. The minimum atomic E-state index is -0.253. The first-order valence-electron chi connectivity index (χ1n) is 6.92. The van der Waals surface area contributed by atoms with Crippen molar-refractivity contribution in [2.24, 2.45) is 11.8 Å². The normalized spacial score (nSPS) is 24.4. The van der Waals surface area contributed by atoms with Crippen molar-refractivity contribution < 1.29 is 9.53 Å². The molecule has 1 fully saturated rings. The predicted octanol–water partition coefficient (Wildman–Crippen LogP) is 4.10. The van der Waals surface area contributed by atoms with Crippen LogP contribution in [-0.4, -0.2) is 12.6 Å². The van der Waals surface area contributed by atoms with Crippen LogP contribution < -0.4 is 0 Å². The summed E-state index contributed by atoms with van der Waals surface area (Å²) in [7, 11) is 0. The lowest BCUT2D eigenvalue weighted by Crippen LogP contribution is -2.12. The molecule has 0 heterocycles. The van der Waals surface area contributed by atoms with E-state index < -0.39 is 0 Å². The Kier molecular flexibility index (Phi) is 6.31. The van der Waals surface area contributed by atoms with Gasteiger partial charge >= 0.3 is 5.97 Å². The van der Waals surface area contributed by atoms with Crippen molar-refractivity contribution in [3.05, 3.63) is 12.2 Å². The lowest BCUT2D eigenvalue weighted by molar-refractivity contribution is -0.139. The van der Waals surface area contributed by atoms with Gasteiger partial charge in [0.2, 0.25) is 0 Å². The summed E-state index contributed by atoms with van der Waals surface area (Å²) >= 11 is 0. The third kappa shape index (κ3) is 5.90. The van der Waals surface area contributed by atoms with Crippen LogP contribution in [0.1, 0.15) is 58.8 Å². The van der Waals surface area contributed by atoms with Crippen LogP contribution in [0.2, 0.25) is 0 Å². The van der Waals surface area contributed by atoms with Crippen LogP contribution in [-0.2, 0) is 9.53 Å². The average Bonchev–Trinajstić information content (AvgIpc) is 2.30. The molecule has 0 bridgehead atoms. The Morgan fingerprint density at radius 3 is 2.47 bits per heavy atom. The van der Waals surface area contributed by atoms with E-state index in [0.29, 0.717) is 12.2 Å². The highest BCUT2D eigenvalue weighted by Gasteiger charge is 2.17. The molecular weight excluding hydrogens is 212 g/mol. The molecule has 1 aliphatic rings. The molecule has 1 saturated carbocycles. The molecule has 0 saturated heterocycles. The van der Waals surface area contributed by atoms with E-state index in [2.05, 4.69) is 13.5 Å². The fourth-order valence-corrected chi connectivity index (χ4v) is 2.44. The molecule has 0 N–H and O–H groups in total. The zero-order chi connectivity index (χ0) is 12.7. The number of carbonyl (C=O) groups excluding carboxylic acids is 1. The number of hydrogen-bond donors (Lipinski definition) is 0. The van der Waals surface area contributed by atoms with Crippen LogP contribution in [0.15, 0.2) is 12.2 Å². The summed E-state index contributed by atoms with van der Waals surface area (Å²) in [6, 6.07) is 0. The second-order valence-electron chi connectivity index (χ2n) is 5.54. The summed E-state index contributed by atoms with van der Waals surface area (Å²) < 4.78 is 5.07. The Labute approximate surface area is 105 Å². The molecule has 2 heteroatoms. The maximum atomic E-state index is 11.1. The third-order valence-corrected chi connectivity index (χ3v) is 3.72. The van der Waals surface area contributed by atoms with Gasteiger partial charge in [0.1, 0.15) is 0 Å². The molecule has 0 aromatic rings. The van der Waals surface area contributed by atoms with Crippen LogP contribution >= 0.6 is 0 Å². The Hall–Kier alpha value is -0.790. The van der Waals surface area contributed by atoms with Gasteiger partial charge < -0.3 is 4.74 Å². The topological polar surface area (TPSA) is 26.3 Å². The van der Waals surface area contributed by atoms with Gasteiger partial charge in [0.05, 0.1) is 6.61 Å². The molecule has 1 rings (SSSR count). The zero-order valence-electron chi connectivity index (χ0n) is 11.3. The highest BCUT2D eigenvalue weighted by molar-refractivity contribution is 5.86. The van der Waals surface area contributed by atoms with Crippen molar-refractivity contribution in [2.45, 2.75) is 58.8 Å². The van der Waals surface area contributed by atoms with Gasteiger partial charge in [0.15, 0.2) is 0 Å². The van der Waals surface area contributed by atoms with Gasteiger partial charge in [-0.25, -0.2) is 4.79 Å². The fraction of sp³-hybridized carbons (Fsp3) is 0.800. The van der Waals surface area contributed by atoms with Crippen LogP contribution in [0.3, 0.4) is 0 Å². The maximum Gasteiger partial charge on any atom is 0.333 e. The van der Waals surface area contributed by atoms with Crippen LogP contribution in [0.5, 0.6) is 0 Å². The van der Waals surface area contributed by atoms with E-state index in [9.17, 15) is 4.79 Å². The molecule has 0 aliphatic heterocycles.